The Morgan fingerprint density at radius 1 is 1.00 bits per heavy atom. The van der Waals surface area contributed by atoms with Crippen molar-refractivity contribution in [1.82, 2.24) is 3.59 Å². The monoisotopic (exact) mass is 443 g/mol. The Morgan fingerprint density at radius 3 is 2.33 bits per heavy atom. The molecule has 4 rings (SSSR count). The predicted octanol–water partition coefficient (Wildman–Crippen LogP) is 5.43. The molecule has 0 aliphatic heterocycles. The molecule has 0 amide bonds. The molecular formula is C19H11Br2NO2. The minimum absolute atomic E-state index is 0.174. The van der Waals surface area contributed by atoms with Crippen LogP contribution in [0.4, 0.5) is 0 Å². The van der Waals surface area contributed by atoms with Crippen LogP contribution in [-0.4, -0.2) is 9.38 Å². The van der Waals surface area contributed by atoms with E-state index in [1.807, 2.05) is 36.4 Å². The molecule has 3 aromatic carbocycles. The van der Waals surface area contributed by atoms with Crippen LogP contribution in [-0.2, 0) is 0 Å². The number of hydrogen-bond acceptors (Lipinski definition) is 2. The zero-order chi connectivity index (χ0) is 17.0. The molecule has 0 aliphatic rings. The van der Waals surface area contributed by atoms with Gasteiger partial charge in [-0.2, -0.15) is 0 Å². The van der Waals surface area contributed by atoms with Crippen LogP contribution in [0, 0.1) is 0 Å². The SMILES string of the molecule is CC(=O)c1c(Br)c(=O)c2c3cc4ccccc4cc3ccc2n1Br. The zero-order valence-corrected chi connectivity index (χ0v) is 15.8. The van der Waals surface area contributed by atoms with Crippen LogP contribution in [0.15, 0.2) is 57.8 Å². The number of halogens is 2. The van der Waals surface area contributed by atoms with Gasteiger partial charge in [0.2, 0.25) is 5.43 Å². The lowest BCUT2D eigenvalue weighted by Gasteiger charge is -2.12. The highest BCUT2D eigenvalue weighted by molar-refractivity contribution is 9.10. The fourth-order valence-corrected chi connectivity index (χ4v) is 4.74. The van der Waals surface area contributed by atoms with Crippen molar-refractivity contribution in [1.29, 1.82) is 0 Å². The van der Waals surface area contributed by atoms with Crippen LogP contribution in [0.5, 0.6) is 0 Å². The van der Waals surface area contributed by atoms with Crippen molar-refractivity contribution >= 4 is 70.3 Å². The third-order valence-electron chi connectivity index (χ3n) is 4.24. The van der Waals surface area contributed by atoms with Gasteiger partial charge in [0.1, 0.15) is 5.69 Å². The molecule has 0 saturated carbocycles. The summed E-state index contributed by atoms with van der Waals surface area (Å²) in [5, 5.41) is 4.66. The second-order valence-electron chi connectivity index (χ2n) is 5.71. The van der Waals surface area contributed by atoms with Gasteiger partial charge in [-0.05, 0) is 55.7 Å². The molecule has 24 heavy (non-hydrogen) atoms. The van der Waals surface area contributed by atoms with Gasteiger partial charge in [-0.3, -0.25) is 13.2 Å². The van der Waals surface area contributed by atoms with Crippen LogP contribution in [0.25, 0.3) is 32.4 Å². The molecule has 0 spiro atoms. The van der Waals surface area contributed by atoms with Gasteiger partial charge in [-0.1, -0.05) is 30.3 Å². The molecule has 3 nitrogen and oxygen atoms in total. The summed E-state index contributed by atoms with van der Waals surface area (Å²) >= 11 is 6.73. The topological polar surface area (TPSA) is 39.1 Å². The lowest BCUT2D eigenvalue weighted by molar-refractivity contribution is 0.101. The Hall–Kier alpha value is -1.98. The lowest BCUT2D eigenvalue weighted by atomic mass is 9.99. The van der Waals surface area contributed by atoms with Crippen molar-refractivity contribution in [3.8, 4) is 0 Å². The summed E-state index contributed by atoms with van der Waals surface area (Å²) in [7, 11) is 0. The van der Waals surface area contributed by atoms with E-state index in [-0.39, 0.29) is 15.7 Å². The first kappa shape index (κ1) is 15.5. The first-order valence-electron chi connectivity index (χ1n) is 7.36. The predicted molar refractivity (Wildman–Crippen MR) is 105 cm³/mol. The van der Waals surface area contributed by atoms with Crippen molar-refractivity contribution < 1.29 is 4.79 Å². The number of Topliss-reactive ketones (excluding diaryl/α,β-unsaturated/α-hetero) is 1. The van der Waals surface area contributed by atoms with Crippen molar-refractivity contribution in [3.63, 3.8) is 0 Å². The highest BCUT2D eigenvalue weighted by atomic mass is 79.9. The molecule has 0 unspecified atom stereocenters. The maximum absolute atomic E-state index is 12.9. The Morgan fingerprint density at radius 2 is 1.67 bits per heavy atom. The summed E-state index contributed by atoms with van der Waals surface area (Å²) in [6.45, 7) is 1.44. The molecule has 5 heteroatoms. The highest BCUT2D eigenvalue weighted by Crippen LogP contribution is 2.31. The van der Waals surface area contributed by atoms with E-state index in [2.05, 4.69) is 44.2 Å². The maximum Gasteiger partial charge on any atom is 0.205 e. The van der Waals surface area contributed by atoms with Crippen LogP contribution in [0.3, 0.4) is 0 Å². The number of ketones is 1. The van der Waals surface area contributed by atoms with E-state index in [1.165, 1.54) is 6.92 Å². The largest absolute Gasteiger partial charge is 0.293 e. The lowest BCUT2D eigenvalue weighted by Crippen LogP contribution is -2.15. The van der Waals surface area contributed by atoms with Gasteiger partial charge in [0, 0.05) is 6.92 Å². The Balaban J connectivity index is 2.29. The third-order valence-corrected chi connectivity index (χ3v) is 5.71. The number of carbonyl (C=O) groups excluding carboxylic acids is 1. The molecule has 0 saturated heterocycles. The molecule has 0 bridgehead atoms. The summed E-state index contributed by atoms with van der Waals surface area (Å²) in [5.41, 5.74) is 0.815. The smallest absolute Gasteiger partial charge is 0.205 e. The average molecular weight is 445 g/mol. The van der Waals surface area contributed by atoms with E-state index in [9.17, 15) is 9.59 Å². The molecule has 1 aromatic heterocycles. The molecule has 4 aromatic rings. The Bertz CT molecular complexity index is 1230. The number of fused-ring (bicyclic) bond motifs is 4. The van der Waals surface area contributed by atoms with Gasteiger partial charge in [-0.15, -0.1) is 0 Å². The first-order chi connectivity index (χ1) is 11.5. The van der Waals surface area contributed by atoms with Gasteiger partial charge < -0.3 is 0 Å². The molecule has 0 atom stereocenters. The number of pyridine rings is 1. The molecule has 0 N–H and O–H groups in total. The van der Waals surface area contributed by atoms with E-state index in [1.54, 1.807) is 3.59 Å². The normalized spacial score (nSPS) is 11.5. The zero-order valence-electron chi connectivity index (χ0n) is 12.6. The van der Waals surface area contributed by atoms with Gasteiger partial charge in [-0.25, -0.2) is 0 Å². The molecule has 1 heterocycles. The maximum atomic E-state index is 12.9. The van der Waals surface area contributed by atoms with Crippen molar-refractivity contribution in [2.45, 2.75) is 6.92 Å². The Kier molecular flexibility index (Phi) is 3.58. The van der Waals surface area contributed by atoms with E-state index in [0.29, 0.717) is 16.6 Å². The number of nitrogens with zero attached hydrogens (tertiary/aromatic N) is 1. The number of aromatic nitrogens is 1. The van der Waals surface area contributed by atoms with Crippen LogP contribution < -0.4 is 5.43 Å². The van der Waals surface area contributed by atoms with Gasteiger partial charge in [0.05, 0.1) is 31.5 Å². The summed E-state index contributed by atoms with van der Waals surface area (Å²) in [6.07, 6.45) is 0. The number of hydrogen-bond donors (Lipinski definition) is 0. The summed E-state index contributed by atoms with van der Waals surface area (Å²) in [5.74, 6) is -0.184. The van der Waals surface area contributed by atoms with Crippen molar-refractivity contribution in [3.05, 3.63) is 68.9 Å². The molecule has 0 radical (unpaired) electrons. The first-order valence-corrected chi connectivity index (χ1v) is 8.86. The molecule has 118 valence electrons. The summed E-state index contributed by atoms with van der Waals surface area (Å²) in [4.78, 5) is 24.8. The van der Waals surface area contributed by atoms with E-state index < -0.39 is 0 Å². The molecular weight excluding hydrogens is 434 g/mol. The van der Waals surface area contributed by atoms with Crippen LogP contribution in [0.1, 0.15) is 17.4 Å². The highest BCUT2D eigenvalue weighted by Gasteiger charge is 2.19. The summed E-state index contributed by atoms with van der Waals surface area (Å²) < 4.78 is 1.88. The molecule has 0 aliphatic carbocycles. The van der Waals surface area contributed by atoms with E-state index in [0.717, 1.165) is 21.5 Å². The van der Waals surface area contributed by atoms with Crippen molar-refractivity contribution in [2.75, 3.05) is 0 Å². The fraction of sp³-hybridized carbons (Fsp3) is 0.0526. The van der Waals surface area contributed by atoms with Crippen molar-refractivity contribution in [2.24, 2.45) is 0 Å². The van der Waals surface area contributed by atoms with Gasteiger partial charge >= 0.3 is 0 Å². The van der Waals surface area contributed by atoms with Crippen LogP contribution in [0.2, 0.25) is 0 Å². The van der Waals surface area contributed by atoms with E-state index in [4.69, 9.17) is 0 Å². The third kappa shape index (κ3) is 2.15. The van der Waals surface area contributed by atoms with E-state index >= 15 is 0 Å². The standard InChI is InChI=1S/C19H11Br2NO2/c1-10(23)18-17(20)19(24)16-14-9-12-5-3-2-4-11(12)8-13(14)6-7-15(16)22(18)21/h2-9H,1H3. The molecule has 0 fully saturated rings. The summed E-state index contributed by atoms with van der Waals surface area (Å²) in [6, 6.07) is 16.0. The second kappa shape index (κ2) is 5.53. The Labute approximate surface area is 154 Å². The average Bonchev–Trinajstić information content (AvgIpc) is 2.57. The van der Waals surface area contributed by atoms with Gasteiger partial charge in [0.25, 0.3) is 0 Å². The quantitative estimate of drug-likeness (QED) is 0.223. The number of rotatable bonds is 1. The number of benzene rings is 3. The second-order valence-corrected chi connectivity index (χ2v) is 7.21. The van der Waals surface area contributed by atoms with Crippen LogP contribution >= 0.6 is 32.1 Å². The van der Waals surface area contributed by atoms with Gasteiger partial charge in [0.15, 0.2) is 5.78 Å². The fourth-order valence-electron chi connectivity index (χ4n) is 3.12. The minimum atomic E-state index is -0.184. The number of carbonyl (C=O) groups is 1. The minimum Gasteiger partial charge on any atom is -0.293 e.